The second-order valence-corrected chi connectivity index (χ2v) is 7.87. The second kappa shape index (κ2) is 6.79. The highest BCUT2D eigenvalue weighted by Crippen LogP contribution is 2.40. The molecule has 138 valence electrons. The lowest BCUT2D eigenvalue weighted by molar-refractivity contribution is 0.0742. The molecule has 0 spiro atoms. The summed E-state index contributed by atoms with van der Waals surface area (Å²) in [7, 11) is -2.10. The van der Waals surface area contributed by atoms with Crippen LogP contribution in [0.2, 0.25) is 5.02 Å². The summed E-state index contributed by atoms with van der Waals surface area (Å²) in [5, 5.41) is 5.41. The van der Waals surface area contributed by atoms with Crippen LogP contribution >= 0.6 is 11.6 Å². The highest BCUT2D eigenvalue weighted by molar-refractivity contribution is 7.89. The van der Waals surface area contributed by atoms with Gasteiger partial charge in [0.05, 0.1) is 16.0 Å². The molecule has 1 amide bonds. The summed E-state index contributed by atoms with van der Waals surface area (Å²) in [6, 6.07) is 8.89. The van der Waals surface area contributed by atoms with Crippen LogP contribution in [-0.4, -0.2) is 33.1 Å². The number of carbonyl (C=O) groups is 1. The molecule has 2 aromatic carbocycles. The second-order valence-electron chi connectivity index (χ2n) is 5.90. The van der Waals surface area contributed by atoms with Gasteiger partial charge in [-0.2, -0.15) is 0 Å². The summed E-state index contributed by atoms with van der Waals surface area (Å²) < 4.78 is 33.2. The van der Waals surface area contributed by atoms with Crippen molar-refractivity contribution in [1.82, 2.24) is 4.90 Å². The lowest BCUT2D eigenvalue weighted by Gasteiger charge is -2.25. The number of benzene rings is 2. The van der Waals surface area contributed by atoms with Crippen LogP contribution in [0.25, 0.3) is 0 Å². The lowest BCUT2D eigenvalue weighted by atomic mass is 10.1. The molecule has 0 aliphatic carbocycles. The summed E-state index contributed by atoms with van der Waals surface area (Å²) >= 11 is 6.14. The van der Waals surface area contributed by atoms with Crippen LogP contribution < -0.4 is 14.6 Å². The number of rotatable bonds is 4. The Morgan fingerprint density at radius 3 is 2.50 bits per heavy atom. The topological polar surface area (TPSA) is 98.9 Å². The van der Waals surface area contributed by atoms with Gasteiger partial charge in [-0.1, -0.05) is 23.7 Å². The van der Waals surface area contributed by atoms with Gasteiger partial charge in [-0.05, 0) is 36.8 Å². The number of halogens is 1. The summed E-state index contributed by atoms with van der Waals surface area (Å²) in [6.45, 7) is 1.90. The van der Waals surface area contributed by atoms with Crippen molar-refractivity contribution >= 4 is 27.5 Å². The lowest BCUT2D eigenvalue weighted by Crippen LogP contribution is -2.29. The molecule has 1 atom stereocenters. The molecular weight excluding hydrogens is 380 g/mol. The van der Waals surface area contributed by atoms with Gasteiger partial charge < -0.3 is 14.4 Å². The molecule has 0 saturated carbocycles. The number of nitrogens with two attached hydrogens (primary N) is 1. The molecule has 0 radical (unpaired) electrons. The van der Waals surface area contributed by atoms with E-state index in [4.69, 9.17) is 26.2 Å². The first-order valence-electron chi connectivity index (χ1n) is 7.67. The molecule has 1 aliphatic heterocycles. The zero-order chi connectivity index (χ0) is 19.1. The maximum absolute atomic E-state index is 12.8. The van der Waals surface area contributed by atoms with Gasteiger partial charge in [0.25, 0.3) is 5.91 Å². The average Bonchev–Trinajstić information content (AvgIpc) is 3.08. The maximum Gasteiger partial charge on any atom is 0.254 e. The minimum Gasteiger partial charge on any atom is -0.454 e. The Labute approximate surface area is 156 Å². The average molecular weight is 397 g/mol. The molecular formula is C17H17ClN2O5S. The van der Waals surface area contributed by atoms with Crippen LogP contribution in [0, 0.1) is 0 Å². The fourth-order valence-corrected chi connectivity index (χ4v) is 3.41. The molecule has 9 heteroatoms. The number of nitrogens with zero attached hydrogens (tertiary/aromatic N) is 1. The van der Waals surface area contributed by atoms with Gasteiger partial charge in [-0.3, -0.25) is 4.79 Å². The third-order valence-electron chi connectivity index (χ3n) is 4.27. The molecule has 3 rings (SSSR count). The van der Waals surface area contributed by atoms with Gasteiger partial charge in [-0.25, -0.2) is 13.6 Å². The fourth-order valence-electron chi connectivity index (χ4n) is 2.63. The number of hydrogen-bond donors (Lipinski definition) is 1. The third kappa shape index (κ3) is 3.48. The largest absolute Gasteiger partial charge is 0.454 e. The summed E-state index contributed by atoms with van der Waals surface area (Å²) in [5.74, 6) is 0.602. The van der Waals surface area contributed by atoms with Gasteiger partial charge >= 0.3 is 0 Å². The zero-order valence-corrected chi connectivity index (χ0v) is 15.7. The molecule has 1 aliphatic rings. The van der Waals surface area contributed by atoms with E-state index < -0.39 is 10.0 Å². The smallest absolute Gasteiger partial charge is 0.254 e. The number of primary sulfonamides is 1. The van der Waals surface area contributed by atoms with Crippen LogP contribution in [0.3, 0.4) is 0 Å². The Kier molecular flexibility index (Phi) is 4.83. The first-order chi connectivity index (χ1) is 12.2. The first kappa shape index (κ1) is 18.5. The van der Waals surface area contributed by atoms with Crippen LogP contribution in [-0.2, 0) is 10.0 Å². The molecule has 0 unspecified atom stereocenters. The Morgan fingerprint density at radius 2 is 1.88 bits per heavy atom. The van der Waals surface area contributed by atoms with Crippen molar-refractivity contribution in [3.63, 3.8) is 0 Å². The van der Waals surface area contributed by atoms with Crippen molar-refractivity contribution in [2.24, 2.45) is 5.14 Å². The minimum absolute atomic E-state index is 0.0185. The van der Waals surface area contributed by atoms with E-state index in [0.717, 1.165) is 5.56 Å². The standard InChI is InChI=1S/C17H17ClN2O5S/c1-10(11-3-5-13(6-4-11)26(19,22)23)20(2)17(21)12-7-14(18)16-15(8-12)24-9-25-16/h3-8,10H,9H2,1-2H3,(H2,19,22,23)/t10-/m1/s1. The molecule has 0 aromatic heterocycles. The SMILES string of the molecule is C[C@H](c1ccc(S(N)(=O)=O)cc1)N(C)C(=O)c1cc(Cl)c2c(c1)OCO2. The molecule has 2 N–H and O–H groups in total. The monoisotopic (exact) mass is 396 g/mol. The van der Waals surface area contributed by atoms with Crippen LogP contribution in [0.1, 0.15) is 28.9 Å². The van der Waals surface area contributed by atoms with Crippen molar-refractivity contribution in [3.05, 3.63) is 52.5 Å². The van der Waals surface area contributed by atoms with Crippen LogP contribution in [0.15, 0.2) is 41.3 Å². The Balaban J connectivity index is 1.83. The van der Waals surface area contributed by atoms with Gasteiger partial charge in [0, 0.05) is 12.6 Å². The molecule has 2 aromatic rings. The van der Waals surface area contributed by atoms with E-state index in [9.17, 15) is 13.2 Å². The maximum atomic E-state index is 12.8. The Bertz CT molecular complexity index is 960. The molecule has 0 saturated heterocycles. The van der Waals surface area contributed by atoms with E-state index in [2.05, 4.69) is 0 Å². The number of hydrogen-bond acceptors (Lipinski definition) is 5. The highest BCUT2D eigenvalue weighted by Gasteiger charge is 2.24. The van der Waals surface area contributed by atoms with Crippen molar-refractivity contribution in [3.8, 4) is 11.5 Å². The summed E-state index contributed by atoms with van der Waals surface area (Å²) in [4.78, 5) is 14.3. The molecule has 1 heterocycles. The number of fused-ring (bicyclic) bond motifs is 1. The predicted molar refractivity (Wildman–Crippen MR) is 95.9 cm³/mol. The Morgan fingerprint density at radius 1 is 1.23 bits per heavy atom. The van der Waals surface area contributed by atoms with Crippen LogP contribution in [0.5, 0.6) is 11.5 Å². The predicted octanol–water partition coefficient (Wildman–Crippen LogP) is 2.55. The van der Waals surface area contributed by atoms with Gasteiger partial charge in [0.15, 0.2) is 11.5 Å². The quantitative estimate of drug-likeness (QED) is 0.856. The number of ether oxygens (including phenoxy) is 2. The van der Waals surface area contributed by atoms with E-state index >= 15 is 0 Å². The normalized spacial score (nSPS) is 14.2. The van der Waals surface area contributed by atoms with E-state index in [1.54, 1.807) is 25.2 Å². The van der Waals surface area contributed by atoms with E-state index in [0.29, 0.717) is 22.1 Å². The molecule has 0 bridgehead atoms. The van der Waals surface area contributed by atoms with Crippen molar-refractivity contribution in [2.75, 3.05) is 13.8 Å². The molecule has 26 heavy (non-hydrogen) atoms. The van der Waals surface area contributed by atoms with E-state index in [-0.39, 0.29) is 23.6 Å². The van der Waals surface area contributed by atoms with Gasteiger partial charge in [0.2, 0.25) is 16.8 Å². The number of carbonyl (C=O) groups excluding carboxylic acids is 1. The van der Waals surface area contributed by atoms with E-state index in [1.165, 1.54) is 23.1 Å². The highest BCUT2D eigenvalue weighted by atomic mass is 35.5. The van der Waals surface area contributed by atoms with Gasteiger partial charge in [0.1, 0.15) is 0 Å². The Hall–Kier alpha value is -2.29. The zero-order valence-electron chi connectivity index (χ0n) is 14.1. The van der Waals surface area contributed by atoms with Crippen molar-refractivity contribution < 1.29 is 22.7 Å². The van der Waals surface area contributed by atoms with Crippen molar-refractivity contribution in [1.29, 1.82) is 0 Å². The summed E-state index contributed by atoms with van der Waals surface area (Å²) in [6.07, 6.45) is 0. The fraction of sp³-hybridized carbons (Fsp3) is 0.235. The van der Waals surface area contributed by atoms with Crippen molar-refractivity contribution in [2.45, 2.75) is 17.9 Å². The molecule has 0 fully saturated rings. The molecule has 7 nitrogen and oxygen atoms in total. The summed E-state index contributed by atoms with van der Waals surface area (Å²) in [5.41, 5.74) is 1.13. The van der Waals surface area contributed by atoms with Gasteiger partial charge in [-0.15, -0.1) is 0 Å². The van der Waals surface area contributed by atoms with Crippen LogP contribution in [0.4, 0.5) is 0 Å². The third-order valence-corrected chi connectivity index (χ3v) is 5.48. The van der Waals surface area contributed by atoms with E-state index in [1.807, 2.05) is 6.92 Å². The number of amides is 1. The minimum atomic E-state index is -3.76. The first-order valence-corrected chi connectivity index (χ1v) is 9.60. The number of sulfonamides is 1.